The Hall–Kier alpha value is -3.32. The average molecular weight is 577 g/mol. The largest absolute Gasteiger partial charge is 0.485 e. The van der Waals surface area contributed by atoms with Crippen molar-refractivity contribution in [2.75, 3.05) is 31.5 Å². The zero-order valence-corrected chi connectivity index (χ0v) is 24.4. The highest BCUT2D eigenvalue weighted by Gasteiger charge is 2.36. The van der Waals surface area contributed by atoms with E-state index in [1.54, 1.807) is 43.0 Å². The predicted molar refractivity (Wildman–Crippen MR) is 150 cm³/mol. The number of hydrogen-bond donors (Lipinski definition) is 3. The van der Waals surface area contributed by atoms with Crippen LogP contribution in [0.2, 0.25) is 0 Å². The van der Waals surface area contributed by atoms with E-state index < -0.39 is 22.2 Å². The Morgan fingerprint density at radius 2 is 2.00 bits per heavy atom. The monoisotopic (exact) mass is 576 g/mol. The standard InChI is InChI=1S/C27H40N6O6S/c1-18-13-33(19(2)16-34)26(35)21-11-8-12-22(30-40(37,38)24-15-31(3)17-28-24)25(21)39-23(18)14-32(4)27(36)29-20-9-6-5-7-10-20/h8,11-12,15,17-20,23,30,34H,5-7,9-10,13-14,16H2,1-4H3,(H,29,36)/t18-,19+,23+/m1/s1. The van der Waals surface area contributed by atoms with Gasteiger partial charge in [0.05, 0.1) is 36.8 Å². The second-order valence-electron chi connectivity index (χ2n) is 11.0. The first-order valence-electron chi connectivity index (χ1n) is 13.7. The molecule has 3 N–H and O–H groups in total. The van der Waals surface area contributed by atoms with Crippen LogP contribution in [-0.4, -0.2) is 89.7 Å². The van der Waals surface area contributed by atoms with E-state index in [0.717, 1.165) is 25.7 Å². The van der Waals surface area contributed by atoms with E-state index >= 15 is 0 Å². The Kier molecular flexibility index (Phi) is 9.24. The van der Waals surface area contributed by atoms with Crippen LogP contribution in [0.1, 0.15) is 56.3 Å². The van der Waals surface area contributed by atoms with Crippen LogP contribution < -0.4 is 14.8 Å². The van der Waals surface area contributed by atoms with Crippen LogP contribution in [0, 0.1) is 5.92 Å². The molecule has 40 heavy (non-hydrogen) atoms. The second kappa shape index (κ2) is 12.5. The number of para-hydroxylation sites is 1. The molecule has 1 aromatic heterocycles. The fourth-order valence-electron chi connectivity index (χ4n) is 5.15. The molecule has 1 aliphatic heterocycles. The normalized spacial score (nSPS) is 21.0. The summed E-state index contributed by atoms with van der Waals surface area (Å²) in [6.45, 7) is 3.91. The smallest absolute Gasteiger partial charge is 0.317 e. The predicted octanol–water partition coefficient (Wildman–Crippen LogP) is 2.42. The van der Waals surface area contributed by atoms with Crippen molar-refractivity contribution in [2.45, 2.75) is 69.2 Å². The van der Waals surface area contributed by atoms with E-state index in [1.807, 2.05) is 6.92 Å². The summed E-state index contributed by atoms with van der Waals surface area (Å²) in [4.78, 5) is 33.8. The number of aryl methyl sites for hydroxylation is 1. The van der Waals surface area contributed by atoms with Crippen molar-refractivity contribution in [3.05, 3.63) is 36.3 Å². The molecule has 2 aliphatic rings. The summed E-state index contributed by atoms with van der Waals surface area (Å²) in [7, 11) is -0.725. The molecule has 0 saturated heterocycles. The number of amides is 3. The van der Waals surface area contributed by atoms with Gasteiger partial charge in [0.1, 0.15) is 6.10 Å². The lowest BCUT2D eigenvalue weighted by Crippen LogP contribution is -2.52. The molecular weight excluding hydrogens is 536 g/mol. The van der Waals surface area contributed by atoms with Gasteiger partial charge in [-0.05, 0) is 31.9 Å². The van der Waals surface area contributed by atoms with E-state index in [0.29, 0.717) is 0 Å². The molecule has 3 amide bonds. The summed E-state index contributed by atoms with van der Waals surface area (Å²) >= 11 is 0. The molecule has 1 aliphatic carbocycles. The minimum Gasteiger partial charge on any atom is -0.485 e. The molecule has 0 spiro atoms. The lowest BCUT2D eigenvalue weighted by atomic mass is 9.96. The van der Waals surface area contributed by atoms with E-state index in [-0.39, 0.29) is 65.6 Å². The Morgan fingerprint density at radius 3 is 2.65 bits per heavy atom. The van der Waals surface area contributed by atoms with Gasteiger partial charge in [0.15, 0.2) is 10.8 Å². The van der Waals surface area contributed by atoms with Crippen molar-refractivity contribution in [2.24, 2.45) is 13.0 Å². The maximum atomic E-state index is 13.7. The van der Waals surface area contributed by atoms with Gasteiger partial charge >= 0.3 is 6.03 Å². The van der Waals surface area contributed by atoms with Crippen LogP contribution in [0.3, 0.4) is 0 Å². The number of carbonyl (C=O) groups is 2. The highest BCUT2D eigenvalue weighted by molar-refractivity contribution is 7.92. The van der Waals surface area contributed by atoms with Crippen LogP contribution in [0.4, 0.5) is 10.5 Å². The number of likely N-dealkylation sites (N-methyl/N-ethyl adjacent to an activating group) is 1. The zero-order chi connectivity index (χ0) is 29.0. The number of rotatable bonds is 8. The summed E-state index contributed by atoms with van der Waals surface area (Å²) < 4.78 is 36.7. The van der Waals surface area contributed by atoms with E-state index in [9.17, 15) is 23.1 Å². The number of ether oxygens (including phenoxy) is 1. The third-order valence-electron chi connectivity index (χ3n) is 7.63. The van der Waals surface area contributed by atoms with E-state index in [1.165, 1.54) is 29.6 Å². The number of anilines is 1. The quantitative estimate of drug-likeness (QED) is 0.437. The van der Waals surface area contributed by atoms with Crippen molar-refractivity contribution >= 4 is 27.6 Å². The number of sulfonamides is 1. The maximum absolute atomic E-state index is 13.7. The Morgan fingerprint density at radius 1 is 1.27 bits per heavy atom. The fourth-order valence-corrected chi connectivity index (χ4v) is 6.20. The molecule has 12 nitrogen and oxygen atoms in total. The van der Waals surface area contributed by atoms with Crippen LogP contribution in [0.25, 0.3) is 0 Å². The number of nitrogens with one attached hydrogen (secondary N) is 2. The number of fused-ring (bicyclic) bond motifs is 1. The topological polar surface area (TPSA) is 146 Å². The average Bonchev–Trinajstić information content (AvgIpc) is 3.38. The maximum Gasteiger partial charge on any atom is 0.317 e. The Labute approximate surface area is 235 Å². The lowest BCUT2D eigenvalue weighted by molar-refractivity contribution is 0.0368. The summed E-state index contributed by atoms with van der Waals surface area (Å²) in [5.74, 6) is -0.569. The van der Waals surface area contributed by atoms with Gasteiger partial charge < -0.3 is 29.5 Å². The third-order valence-corrected chi connectivity index (χ3v) is 8.88. The van der Waals surface area contributed by atoms with Gasteiger partial charge in [-0.25, -0.2) is 9.78 Å². The van der Waals surface area contributed by atoms with Crippen LogP contribution in [0.15, 0.2) is 35.7 Å². The number of aliphatic hydroxyl groups is 1. The molecular formula is C27H40N6O6S. The molecule has 220 valence electrons. The van der Waals surface area contributed by atoms with Gasteiger partial charge in [0, 0.05) is 38.8 Å². The minimum atomic E-state index is -4.08. The van der Waals surface area contributed by atoms with Gasteiger partial charge in [-0.3, -0.25) is 9.52 Å². The van der Waals surface area contributed by atoms with Crippen molar-refractivity contribution in [3.63, 3.8) is 0 Å². The van der Waals surface area contributed by atoms with Crippen molar-refractivity contribution in [1.82, 2.24) is 24.7 Å². The molecule has 2 aromatic rings. The number of imidazole rings is 1. The minimum absolute atomic E-state index is 0.0692. The zero-order valence-electron chi connectivity index (χ0n) is 23.5. The molecule has 0 radical (unpaired) electrons. The molecule has 4 rings (SSSR count). The van der Waals surface area contributed by atoms with E-state index in [4.69, 9.17) is 4.74 Å². The van der Waals surface area contributed by atoms with Gasteiger partial charge in [-0.2, -0.15) is 8.42 Å². The number of carbonyl (C=O) groups excluding carboxylic acids is 2. The highest BCUT2D eigenvalue weighted by atomic mass is 32.2. The lowest BCUT2D eigenvalue weighted by Gasteiger charge is -2.38. The summed E-state index contributed by atoms with van der Waals surface area (Å²) in [6.07, 6.45) is 7.46. The molecule has 0 bridgehead atoms. The van der Waals surface area contributed by atoms with Gasteiger partial charge in [0.25, 0.3) is 15.9 Å². The van der Waals surface area contributed by atoms with Crippen molar-refractivity contribution in [1.29, 1.82) is 0 Å². The fraction of sp³-hybridized carbons (Fsp3) is 0.593. The second-order valence-corrected chi connectivity index (χ2v) is 12.6. The number of benzene rings is 1. The van der Waals surface area contributed by atoms with Crippen molar-refractivity contribution < 1.29 is 27.9 Å². The number of aromatic nitrogens is 2. The first-order valence-corrected chi connectivity index (χ1v) is 15.2. The summed E-state index contributed by atoms with van der Waals surface area (Å²) in [6, 6.07) is 4.12. The van der Waals surface area contributed by atoms with Crippen LogP contribution in [0.5, 0.6) is 5.75 Å². The van der Waals surface area contributed by atoms with Gasteiger partial charge in [-0.15, -0.1) is 0 Å². The third kappa shape index (κ3) is 6.69. The molecule has 2 heterocycles. The van der Waals surface area contributed by atoms with Crippen LogP contribution in [-0.2, 0) is 17.1 Å². The number of aliphatic hydroxyl groups excluding tert-OH is 1. The molecule has 13 heteroatoms. The molecule has 0 unspecified atom stereocenters. The number of hydrogen-bond acceptors (Lipinski definition) is 7. The molecule has 3 atom stereocenters. The first kappa shape index (κ1) is 29.7. The molecule has 1 aromatic carbocycles. The SMILES string of the molecule is C[C@@H]1CN([C@@H](C)CO)C(=O)c2cccc(NS(=O)(=O)c3cn(C)cn3)c2O[C@H]1CN(C)C(=O)NC1CCCCC1. The van der Waals surface area contributed by atoms with Gasteiger partial charge in [-0.1, -0.05) is 32.3 Å². The Balaban J connectivity index is 1.66. The first-order chi connectivity index (χ1) is 19.0. The van der Waals surface area contributed by atoms with Gasteiger partial charge in [0.2, 0.25) is 0 Å². The Bertz CT molecular complexity index is 1310. The number of urea groups is 1. The number of nitrogens with zero attached hydrogens (tertiary/aromatic N) is 4. The molecule has 1 fully saturated rings. The van der Waals surface area contributed by atoms with E-state index in [2.05, 4.69) is 15.0 Å². The summed E-state index contributed by atoms with van der Waals surface area (Å²) in [5.41, 5.74) is 0.245. The van der Waals surface area contributed by atoms with Crippen LogP contribution >= 0.6 is 0 Å². The van der Waals surface area contributed by atoms with Crippen molar-refractivity contribution in [3.8, 4) is 5.75 Å². The highest BCUT2D eigenvalue weighted by Crippen LogP contribution is 2.36. The summed E-state index contributed by atoms with van der Waals surface area (Å²) in [5, 5.41) is 12.8. The molecule has 1 saturated carbocycles.